The number of anilines is 1. The number of hydrogen-bond donors (Lipinski definition) is 2. The molecular weight excluding hydrogens is 317 g/mol. The summed E-state index contributed by atoms with van der Waals surface area (Å²) in [5, 5.41) is 0.504. The van der Waals surface area contributed by atoms with Crippen LogP contribution in [0.25, 0.3) is 10.8 Å². The first kappa shape index (κ1) is 17.4. The maximum atomic E-state index is 11.0. The molecule has 0 saturated heterocycles. The zero-order valence-electron chi connectivity index (χ0n) is 10.3. The summed E-state index contributed by atoms with van der Waals surface area (Å²) in [5.41, 5.74) is 5.21. The summed E-state index contributed by atoms with van der Waals surface area (Å²) >= 11 is 0. The Morgan fingerprint density at radius 1 is 1.05 bits per heavy atom. The molecule has 102 valence electrons. The van der Waals surface area contributed by atoms with Crippen molar-refractivity contribution in [2.45, 2.75) is 9.79 Å². The van der Waals surface area contributed by atoms with Gasteiger partial charge < -0.3 is 10.3 Å². The fourth-order valence-electron chi connectivity index (χ4n) is 1.68. The van der Waals surface area contributed by atoms with Crippen molar-refractivity contribution in [3.05, 3.63) is 30.3 Å². The summed E-state index contributed by atoms with van der Waals surface area (Å²) in [6.45, 7) is 0. The van der Waals surface area contributed by atoms with E-state index < -0.39 is 30.0 Å². The molecule has 7 nitrogen and oxygen atoms in total. The summed E-state index contributed by atoms with van der Waals surface area (Å²) in [6, 6.07) is 5.87. The second kappa shape index (κ2) is 5.60. The fraction of sp³-hybridized carbons (Fsp3) is 0. The molecule has 0 spiro atoms. The molecule has 0 aliphatic heterocycles. The predicted octanol–water partition coefficient (Wildman–Crippen LogP) is -2.42. The molecule has 0 aliphatic carbocycles. The van der Waals surface area contributed by atoms with Crippen molar-refractivity contribution in [1.82, 2.24) is 0 Å². The average molecular weight is 325 g/mol. The van der Waals surface area contributed by atoms with Gasteiger partial charge in [0.1, 0.15) is 10.1 Å². The Balaban J connectivity index is 0.00000200. The first-order chi connectivity index (χ1) is 8.60. The van der Waals surface area contributed by atoms with Crippen LogP contribution in [-0.2, 0) is 20.2 Å². The maximum absolute atomic E-state index is 11.0. The van der Waals surface area contributed by atoms with E-state index >= 15 is 0 Å². The van der Waals surface area contributed by atoms with Crippen molar-refractivity contribution < 1.29 is 55.5 Å². The van der Waals surface area contributed by atoms with Crippen molar-refractivity contribution in [2.75, 3.05) is 5.73 Å². The van der Waals surface area contributed by atoms with Gasteiger partial charge in [-0.1, -0.05) is 12.1 Å². The molecule has 0 unspecified atom stereocenters. The Labute approximate surface area is 137 Å². The zero-order chi connectivity index (χ0) is 14.4. The van der Waals surface area contributed by atoms with Gasteiger partial charge in [-0.15, -0.1) is 0 Å². The van der Waals surface area contributed by atoms with Crippen LogP contribution in [0.3, 0.4) is 0 Å². The van der Waals surface area contributed by atoms with Crippen LogP contribution in [0.1, 0.15) is 0 Å². The Hall–Kier alpha value is -0.680. The minimum absolute atomic E-state index is 0. The zero-order valence-corrected chi connectivity index (χ0v) is 13.9. The molecule has 0 radical (unpaired) electrons. The van der Waals surface area contributed by atoms with Crippen molar-refractivity contribution in [3.63, 3.8) is 0 Å². The number of hydrogen-bond acceptors (Lipinski definition) is 6. The first-order valence-electron chi connectivity index (χ1n) is 4.86. The van der Waals surface area contributed by atoms with E-state index in [4.69, 9.17) is 10.3 Å². The van der Waals surface area contributed by atoms with Gasteiger partial charge in [0.25, 0.3) is 10.1 Å². The van der Waals surface area contributed by atoms with Crippen LogP contribution in [0, 0.1) is 0 Å². The third kappa shape index (κ3) is 3.31. The van der Waals surface area contributed by atoms with E-state index in [1.54, 1.807) is 0 Å². The summed E-state index contributed by atoms with van der Waals surface area (Å²) in [4.78, 5) is -1.07. The summed E-state index contributed by atoms with van der Waals surface area (Å²) in [6.07, 6.45) is 0. The Morgan fingerprint density at radius 3 is 2.10 bits per heavy atom. The minimum atomic E-state index is -4.76. The van der Waals surface area contributed by atoms with E-state index in [9.17, 15) is 21.4 Å². The van der Waals surface area contributed by atoms with Gasteiger partial charge in [-0.05, 0) is 23.6 Å². The summed E-state index contributed by atoms with van der Waals surface area (Å²) < 4.78 is 63.9. The topological polar surface area (TPSA) is 138 Å². The predicted molar refractivity (Wildman–Crippen MR) is 66.1 cm³/mol. The average Bonchev–Trinajstić information content (AvgIpc) is 2.26. The third-order valence-electron chi connectivity index (χ3n) is 2.56. The van der Waals surface area contributed by atoms with Gasteiger partial charge in [0, 0.05) is 5.39 Å². The molecule has 0 aliphatic rings. The molecule has 3 N–H and O–H groups in total. The molecule has 2 aromatic rings. The number of fused-ring (bicyclic) bond motifs is 1. The largest absolute Gasteiger partial charge is 1.00 e. The molecule has 20 heavy (non-hydrogen) atoms. The van der Waals surface area contributed by atoms with Crippen LogP contribution in [0.15, 0.2) is 40.1 Å². The van der Waals surface area contributed by atoms with Gasteiger partial charge in [0.15, 0.2) is 0 Å². The van der Waals surface area contributed by atoms with Gasteiger partial charge in [-0.2, -0.15) is 8.42 Å². The van der Waals surface area contributed by atoms with Crippen molar-refractivity contribution >= 4 is 36.7 Å². The summed E-state index contributed by atoms with van der Waals surface area (Å²) in [7, 11) is -9.20. The normalized spacial score (nSPS) is 12.1. The van der Waals surface area contributed by atoms with Crippen LogP contribution >= 0.6 is 0 Å². The van der Waals surface area contributed by atoms with E-state index in [-0.39, 0.29) is 40.6 Å². The number of nitrogen functional groups attached to an aromatic ring is 1. The van der Waals surface area contributed by atoms with Crippen LogP contribution < -0.4 is 35.3 Å². The standard InChI is InChI=1S/C10H9NO6S2.Na/c11-10-8-5-7(18(12,13)14)3-1-6(8)2-4-9(10)19(15,16)17;/h1-5H,11H2,(H,12,13,14)(H,15,16,17);/q;+1/p-1. The van der Waals surface area contributed by atoms with E-state index in [0.717, 1.165) is 18.2 Å². The van der Waals surface area contributed by atoms with Crippen molar-refractivity contribution in [1.29, 1.82) is 0 Å². The third-order valence-corrected chi connectivity index (χ3v) is 4.31. The number of rotatable bonds is 2. The van der Waals surface area contributed by atoms with Gasteiger partial charge in [-0.3, -0.25) is 4.55 Å². The van der Waals surface area contributed by atoms with Crippen LogP contribution in [0.5, 0.6) is 0 Å². The monoisotopic (exact) mass is 325 g/mol. The molecule has 0 atom stereocenters. The second-order valence-electron chi connectivity index (χ2n) is 3.79. The fourth-order valence-corrected chi connectivity index (χ4v) is 2.80. The molecule has 0 fully saturated rings. The number of nitrogens with two attached hydrogens (primary N) is 1. The second-order valence-corrected chi connectivity index (χ2v) is 6.56. The number of benzene rings is 2. The van der Waals surface area contributed by atoms with Crippen molar-refractivity contribution in [3.8, 4) is 0 Å². The van der Waals surface area contributed by atoms with Crippen molar-refractivity contribution in [2.24, 2.45) is 0 Å². The molecule has 10 heteroatoms. The first-order valence-corrected chi connectivity index (χ1v) is 7.71. The van der Waals surface area contributed by atoms with E-state index in [1.165, 1.54) is 12.1 Å². The molecule has 0 heterocycles. The van der Waals surface area contributed by atoms with Crippen LogP contribution in [0.2, 0.25) is 0 Å². The Kier molecular flexibility index (Phi) is 4.87. The maximum Gasteiger partial charge on any atom is 1.00 e. The van der Waals surface area contributed by atoms with Gasteiger partial charge in [-0.25, -0.2) is 8.42 Å². The Morgan fingerprint density at radius 2 is 1.60 bits per heavy atom. The van der Waals surface area contributed by atoms with Gasteiger partial charge in [0.2, 0.25) is 0 Å². The van der Waals surface area contributed by atoms with E-state index in [0.29, 0.717) is 5.39 Å². The SMILES string of the molecule is Nc1c(S(=O)(=O)[O-])ccc2ccc(S(=O)(=O)O)cc12.[Na+]. The molecule has 0 bridgehead atoms. The molecule has 0 saturated carbocycles. The Bertz CT molecular complexity index is 871. The molecule has 0 aromatic heterocycles. The van der Waals surface area contributed by atoms with Crippen LogP contribution in [0.4, 0.5) is 5.69 Å². The molecule has 2 aromatic carbocycles. The molecule has 0 amide bonds. The van der Waals surface area contributed by atoms with E-state index in [1.807, 2.05) is 0 Å². The summed E-state index contributed by atoms with van der Waals surface area (Å²) in [5.74, 6) is 0. The van der Waals surface area contributed by atoms with E-state index in [2.05, 4.69) is 0 Å². The molecule has 2 rings (SSSR count). The van der Waals surface area contributed by atoms with Gasteiger partial charge in [0.05, 0.1) is 15.5 Å². The smallest absolute Gasteiger partial charge is 0.744 e. The van der Waals surface area contributed by atoms with Gasteiger partial charge >= 0.3 is 29.6 Å². The molecular formula is C10H8NNaO6S2. The quantitative estimate of drug-likeness (QED) is 0.356. The minimum Gasteiger partial charge on any atom is -0.744 e. The van der Waals surface area contributed by atoms with Crippen LogP contribution in [-0.4, -0.2) is 25.9 Å².